The molecule has 6 rings (SSSR count). The van der Waals surface area contributed by atoms with Crippen LogP contribution in [-0.4, -0.2) is 51.3 Å². The lowest BCUT2D eigenvalue weighted by molar-refractivity contribution is 0.143. The van der Waals surface area contributed by atoms with Crippen LogP contribution >= 0.6 is 0 Å². The maximum Gasteiger partial charge on any atom is 0.130 e. The van der Waals surface area contributed by atoms with Gasteiger partial charge >= 0.3 is 0 Å². The number of benzene rings is 4. The SMILES string of the molecule is CC(COc1ccc2cc(OCC3CO3)ccc2c1)Oc1ccc2cc(OCC3CO3)ccc2c1. The number of fused-ring (bicyclic) bond motifs is 2. The van der Waals surface area contributed by atoms with Crippen LogP contribution in [0.4, 0.5) is 0 Å². The molecule has 180 valence electrons. The quantitative estimate of drug-likeness (QED) is 0.273. The first-order valence-electron chi connectivity index (χ1n) is 12.0. The molecule has 35 heavy (non-hydrogen) atoms. The van der Waals surface area contributed by atoms with Gasteiger partial charge in [-0.1, -0.05) is 24.3 Å². The third-order valence-corrected chi connectivity index (χ3v) is 6.06. The van der Waals surface area contributed by atoms with Crippen molar-refractivity contribution in [1.82, 2.24) is 0 Å². The zero-order valence-electron chi connectivity index (χ0n) is 19.6. The van der Waals surface area contributed by atoms with Gasteiger partial charge in [-0.2, -0.15) is 0 Å². The molecule has 0 saturated carbocycles. The van der Waals surface area contributed by atoms with E-state index in [1.807, 2.05) is 55.5 Å². The highest BCUT2D eigenvalue weighted by Crippen LogP contribution is 2.28. The number of epoxide rings is 2. The Labute approximate surface area is 204 Å². The number of hydrogen-bond acceptors (Lipinski definition) is 6. The fraction of sp³-hybridized carbons (Fsp3) is 0.310. The zero-order chi connectivity index (χ0) is 23.6. The second kappa shape index (κ2) is 9.64. The summed E-state index contributed by atoms with van der Waals surface area (Å²) < 4.78 is 34.1. The predicted molar refractivity (Wildman–Crippen MR) is 134 cm³/mol. The van der Waals surface area contributed by atoms with E-state index < -0.39 is 0 Å². The largest absolute Gasteiger partial charge is 0.491 e. The van der Waals surface area contributed by atoms with Gasteiger partial charge in [0.2, 0.25) is 0 Å². The molecular weight excluding hydrogens is 444 g/mol. The third-order valence-electron chi connectivity index (χ3n) is 6.06. The molecule has 0 bridgehead atoms. The fourth-order valence-electron chi connectivity index (χ4n) is 3.93. The molecule has 2 aliphatic heterocycles. The van der Waals surface area contributed by atoms with E-state index in [4.69, 9.17) is 28.4 Å². The molecule has 2 aliphatic rings. The third kappa shape index (κ3) is 5.78. The van der Waals surface area contributed by atoms with Crippen molar-refractivity contribution in [1.29, 1.82) is 0 Å². The molecule has 2 saturated heterocycles. The number of rotatable bonds is 11. The molecule has 0 amide bonds. The Hall–Kier alpha value is -3.48. The topological polar surface area (TPSA) is 62.0 Å². The molecule has 2 heterocycles. The van der Waals surface area contributed by atoms with Gasteiger partial charge in [0.1, 0.15) is 61.1 Å². The molecule has 0 spiro atoms. The predicted octanol–water partition coefficient (Wildman–Crippen LogP) is 5.39. The minimum atomic E-state index is -0.107. The smallest absolute Gasteiger partial charge is 0.130 e. The van der Waals surface area contributed by atoms with Crippen LogP contribution in [0.1, 0.15) is 6.92 Å². The Morgan fingerprint density at radius 1 is 0.629 bits per heavy atom. The molecular formula is C29H28O6. The average Bonchev–Trinajstić information content (AvgIpc) is 3.80. The van der Waals surface area contributed by atoms with Crippen molar-refractivity contribution in [2.45, 2.75) is 25.2 Å². The van der Waals surface area contributed by atoms with Crippen molar-refractivity contribution in [3.63, 3.8) is 0 Å². The normalized spacial score (nSPS) is 19.3. The summed E-state index contributed by atoms with van der Waals surface area (Å²) in [6, 6.07) is 24.3. The summed E-state index contributed by atoms with van der Waals surface area (Å²) in [6.07, 6.45) is 0.393. The molecule has 6 nitrogen and oxygen atoms in total. The molecule has 2 fully saturated rings. The molecule has 6 heteroatoms. The lowest BCUT2D eigenvalue weighted by atomic mass is 10.1. The Bertz CT molecular complexity index is 1330. The number of hydrogen-bond donors (Lipinski definition) is 0. The van der Waals surface area contributed by atoms with Crippen LogP contribution in [0.25, 0.3) is 21.5 Å². The lowest BCUT2D eigenvalue weighted by Crippen LogP contribution is -2.21. The van der Waals surface area contributed by atoms with Gasteiger partial charge in [0, 0.05) is 0 Å². The molecule has 0 radical (unpaired) electrons. The molecule has 0 aromatic heterocycles. The second-order valence-electron chi connectivity index (χ2n) is 9.11. The minimum absolute atomic E-state index is 0.107. The van der Waals surface area contributed by atoms with Crippen molar-refractivity contribution in [2.24, 2.45) is 0 Å². The van der Waals surface area contributed by atoms with Crippen LogP contribution in [0.5, 0.6) is 23.0 Å². The summed E-state index contributed by atoms with van der Waals surface area (Å²) in [4.78, 5) is 0. The van der Waals surface area contributed by atoms with E-state index in [1.54, 1.807) is 0 Å². The van der Waals surface area contributed by atoms with Crippen molar-refractivity contribution in [3.8, 4) is 23.0 Å². The summed E-state index contributed by atoms with van der Waals surface area (Å²) in [6.45, 7) is 5.26. The van der Waals surface area contributed by atoms with Crippen LogP contribution in [0, 0.1) is 0 Å². The van der Waals surface area contributed by atoms with Crippen molar-refractivity contribution in [2.75, 3.05) is 33.0 Å². The first kappa shape index (κ1) is 22.0. The fourth-order valence-corrected chi connectivity index (χ4v) is 3.93. The van der Waals surface area contributed by atoms with Gasteiger partial charge in [-0.05, 0) is 77.0 Å². The summed E-state index contributed by atoms with van der Waals surface area (Å²) in [5, 5.41) is 4.43. The van der Waals surface area contributed by atoms with Gasteiger partial charge in [-0.3, -0.25) is 0 Å². The zero-order valence-corrected chi connectivity index (χ0v) is 19.6. The molecule has 0 N–H and O–H groups in total. The first-order valence-corrected chi connectivity index (χ1v) is 12.0. The average molecular weight is 473 g/mol. The Morgan fingerprint density at radius 3 is 1.49 bits per heavy atom. The molecule has 4 aromatic rings. The maximum atomic E-state index is 6.12. The van der Waals surface area contributed by atoms with E-state index in [0.717, 1.165) is 57.8 Å². The summed E-state index contributed by atoms with van der Waals surface area (Å²) in [5.74, 6) is 3.35. The highest BCUT2D eigenvalue weighted by molar-refractivity contribution is 5.86. The Balaban J connectivity index is 1.03. The van der Waals surface area contributed by atoms with E-state index >= 15 is 0 Å². The van der Waals surface area contributed by atoms with E-state index in [2.05, 4.69) is 24.3 Å². The van der Waals surface area contributed by atoms with Gasteiger partial charge in [0.25, 0.3) is 0 Å². The van der Waals surface area contributed by atoms with Gasteiger partial charge in [0.05, 0.1) is 13.2 Å². The van der Waals surface area contributed by atoms with Crippen LogP contribution < -0.4 is 18.9 Å². The Morgan fingerprint density at radius 2 is 1.03 bits per heavy atom. The van der Waals surface area contributed by atoms with Gasteiger partial charge in [-0.25, -0.2) is 0 Å². The molecule has 0 aliphatic carbocycles. The number of ether oxygens (including phenoxy) is 6. The van der Waals surface area contributed by atoms with Crippen LogP contribution in [0.2, 0.25) is 0 Å². The summed E-state index contributed by atoms with van der Waals surface area (Å²) >= 11 is 0. The summed E-state index contributed by atoms with van der Waals surface area (Å²) in [5.41, 5.74) is 0. The van der Waals surface area contributed by atoms with Crippen molar-refractivity contribution >= 4 is 21.5 Å². The van der Waals surface area contributed by atoms with Gasteiger partial charge in [-0.15, -0.1) is 0 Å². The summed E-state index contributed by atoms with van der Waals surface area (Å²) in [7, 11) is 0. The molecule has 4 aromatic carbocycles. The highest BCUT2D eigenvalue weighted by atomic mass is 16.6. The van der Waals surface area contributed by atoms with Gasteiger partial charge in [0.15, 0.2) is 0 Å². The van der Waals surface area contributed by atoms with E-state index in [-0.39, 0.29) is 18.3 Å². The Kier molecular flexibility index (Phi) is 6.06. The van der Waals surface area contributed by atoms with E-state index in [1.165, 1.54) is 0 Å². The van der Waals surface area contributed by atoms with Crippen molar-refractivity contribution < 1.29 is 28.4 Å². The highest BCUT2D eigenvalue weighted by Gasteiger charge is 2.23. The minimum Gasteiger partial charge on any atom is -0.491 e. The lowest BCUT2D eigenvalue weighted by Gasteiger charge is -2.16. The van der Waals surface area contributed by atoms with Gasteiger partial charge < -0.3 is 28.4 Å². The maximum absolute atomic E-state index is 6.12. The molecule has 3 atom stereocenters. The monoisotopic (exact) mass is 472 g/mol. The van der Waals surface area contributed by atoms with Crippen LogP contribution in [0.15, 0.2) is 72.8 Å². The van der Waals surface area contributed by atoms with Crippen molar-refractivity contribution in [3.05, 3.63) is 72.8 Å². The molecule has 3 unspecified atom stereocenters. The van der Waals surface area contributed by atoms with E-state index in [0.29, 0.717) is 19.8 Å². The van der Waals surface area contributed by atoms with Crippen LogP contribution in [-0.2, 0) is 9.47 Å². The standard InChI is InChI=1S/C29H28O6/c1-19(35-27-9-5-22-12-26(8-4-23(22)13-27)32-16-29-18-34-29)14-30-24-6-2-21-11-25(7-3-20(21)10-24)31-15-28-17-33-28/h2-13,19,28-29H,14-18H2,1H3. The second-order valence-corrected chi connectivity index (χ2v) is 9.11. The van der Waals surface area contributed by atoms with Crippen LogP contribution in [0.3, 0.4) is 0 Å². The first-order chi connectivity index (χ1) is 17.2. The van der Waals surface area contributed by atoms with E-state index in [9.17, 15) is 0 Å².